The predicted octanol–water partition coefficient (Wildman–Crippen LogP) is 2.70. The molecule has 0 amide bonds. The lowest BCUT2D eigenvalue weighted by Crippen LogP contribution is -2.19. The molecule has 1 heterocycles. The van der Waals surface area contributed by atoms with Crippen LogP contribution in [0.15, 0.2) is 16.5 Å². The highest BCUT2D eigenvalue weighted by Crippen LogP contribution is 2.12. The third-order valence-corrected chi connectivity index (χ3v) is 2.01. The molecular weight excluding hydrogens is 214 g/mol. The Bertz CT molecular complexity index is 273. The van der Waals surface area contributed by atoms with Crippen LogP contribution in [-0.4, -0.2) is 19.8 Å². The van der Waals surface area contributed by atoms with Crippen LogP contribution in [0.2, 0.25) is 5.22 Å². The van der Waals surface area contributed by atoms with E-state index in [1.807, 2.05) is 6.07 Å². The molecule has 3 nitrogen and oxygen atoms in total. The summed E-state index contributed by atoms with van der Waals surface area (Å²) in [5.74, 6) is 1.44. The smallest absolute Gasteiger partial charge is 0.193 e. The molecule has 0 aliphatic carbocycles. The average Bonchev–Trinajstić information content (AvgIpc) is 2.57. The van der Waals surface area contributed by atoms with E-state index in [9.17, 15) is 0 Å². The topological polar surface area (TPSA) is 34.4 Å². The van der Waals surface area contributed by atoms with E-state index in [4.69, 9.17) is 20.8 Å². The summed E-state index contributed by atoms with van der Waals surface area (Å²) in [4.78, 5) is 0. The first-order valence-corrected chi connectivity index (χ1v) is 5.59. The van der Waals surface area contributed by atoms with Crippen LogP contribution in [0.3, 0.4) is 0 Å². The van der Waals surface area contributed by atoms with E-state index >= 15 is 0 Å². The minimum atomic E-state index is 0.433. The molecule has 0 spiro atoms. The van der Waals surface area contributed by atoms with Gasteiger partial charge in [-0.2, -0.15) is 0 Å². The number of ether oxygens (including phenoxy) is 1. The lowest BCUT2D eigenvalue weighted by Gasteiger charge is -2.06. The summed E-state index contributed by atoms with van der Waals surface area (Å²) in [6, 6.07) is 3.61. The summed E-state index contributed by atoms with van der Waals surface area (Å²) in [5.41, 5.74) is 0. The van der Waals surface area contributed by atoms with Gasteiger partial charge in [-0.15, -0.1) is 0 Å². The second-order valence-electron chi connectivity index (χ2n) is 3.85. The van der Waals surface area contributed by atoms with Crippen molar-refractivity contribution in [3.8, 4) is 0 Å². The Morgan fingerprint density at radius 3 is 2.87 bits per heavy atom. The SMILES string of the molecule is CC(C)COCCNCc1ccc(Cl)o1. The van der Waals surface area contributed by atoms with Gasteiger partial charge in [0, 0.05) is 13.2 Å². The van der Waals surface area contributed by atoms with Gasteiger partial charge in [-0.3, -0.25) is 0 Å². The van der Waals surface area contributed by atoms with E-state index in [1.165, 1.54) is 0 Å². The van der Waals surface area contributed by atoms with E-state index in [0.717, 1.165) is 25.5 Å². The van der Waals surface area contributed by atoms with Gasteiger partial charge in [0.25, 0.3) is 0 Å². The van der Waals surface area contributed by atoms with Crippen LogP contribution in [0.25, 0.3) is 0 Å². The monoisotopic (exact) mass is 231 g/mol. The number of hydrogen-bond donors (Lipinski definition) is 1. The van der Waals surface area contributed by atoms with Gasteiger partial charge >= 0.3 is 0 Å². The molecule has 86 valence electrons. The molecule has 1 rings (SSSR count). The van der Waals surface area contributed by atoms with Gasteiger partial charge in [-0.25, -0.2) is 0 Å². The van der Waals surface area contributed by atoms with Gasteiger partial charge in [0.15, 0.2) is 5.22 Å². The van der Waals surface area contributed by atoms with Gasteiger partial charge in [0.1, 0.15) is 5.76 Å². The quantitative estimate of drug-likeness (QED) is 0.733. The number of nitrogens with one attached hydrogen (secondary N) is 1. The maximum atomic E-state index is 5.64. The predicted molar refractivity (Wildman–Crippen MR) is 61.1 cm³/mol. The normalized spacial score (nSPS) is 11.2. The van der Waals surface area contributed by atoms with Gasteiger partial charge in [-0.05, 0) is 29.7 Å². The fourth-order valence-corrected chi connectivity index (χ4v) is 1.28. The van der Waals surface area contributed by atoms with Gasteiger partial charge < -0.3 is 14.5 Å². The summed E-state index contributed by atoms with van der Waals surface area (Å²) >= 11 is 5.64. The van der Waals surface area contributed by atoms with Gasteiger partial charge in [0.2, 0.25) is 0 Å². The summed E-state index contributed by atoms with van der Waals surface area (Å²) < 4.78 is 10.6. The molecule has 4 heteroatoms. The Balaban J connectivity index is 1.98. The first-order valence-electron chi connectivity index (χ1n) is 5.21. The van der Waals surface area contributed by atoms with Crippen molar-refractivity contribution in [2.75, 3.05) is 19.8 Å². The molecule has 1 N–H and O–H groups in total. The van der Waals surface area contributed by atoms with Crippen molar-refractivity contribution in [3.63, 3.8) is 0 Å². The Labute approximate surface area is 95.7 Å². The Morgan fingerprint density at radius 1 is 1.47 bits per heavy atom. The van der Waals surface area contributed by atoms with E-state index in [-0.39, 0.29) is 0 Å². The van der Waals surface area contributed by atoms with Crippen LogP contribution in [0.1, 0.15) is 19.6 Å². The van der Waals surface area contributed by atoms with E-state index in [1.54, 1.807) is 6.07 Å². The van der Waals surface area contributed by atoms with Crippen molar-refractivity contribution in [1.82, 2.24) is 5.32 Å². The summed E-state index contributed by atoms with van der Waals surface area (Å²) in [5, 5.41) is 3.64. The fraction of sp³-hybridized carbons (Fsp3) is 0.636. The van der Waals surface area contributed by atoms with Gasteiger partial charge in [0.05, 0.1) is 13.2 Å². The molecule has 0 aliphatic rings. The van der Waals surface area contributed by atoms with Crippen LogP contribution in [0, 0.1) is 5.92 Å². The van der Waals surface area contributed by atoms with Crippen LogP contribution in [0.5, 0.6) is 0 Å². The lowest BCUT2D eigenvalue weighted by atomic mass is 10.2. The molecule has 0 unspecified atom stereocenters. The van der Waals surface area contributed by atoms with E-state index < -0.39 is 0 Å². The third-order valence-electron chi connectivity index (χ3n) is 1.80. The summed E-state index contributed by atoms with van der Waals surface area (Å²) in [6.45, 7) is 7.33. The molecule has 0 bridgehead atoms. The number of rotatable bonds is 7. The second kappa shape index (κ2) is 6.88. The molecule has 0 aromatic carbocycles. The molecule has 0 saturated carbocycles. The Hall–Kier alpha value is -0.510. The fourth-order valence-electron chi connectivity index (χ4n) is 1.12. The van der Waals surface area contributed by atoms with Crippen LogP contribution >= 0.6 is 11.6 Å². The zero-order valence-corrected chi connectivity index (χ0v) is 10.0. The maximum Gasteiger partial charge on any atom is 0.193 e. The van der Waals surface area contributed by atoms with Crippen LogP contribution in [-0.2, 0) is 11.3 Å². The largest absolute Gasteiger partial charge is 0.448 e. The highest BCUT2D eigenvalue weighted by atomic mass is 35.5. The average molecular weight is 232 g/mol. The number of halogens is 1. The Morgan fingerprint density at radius 2 is 2.27 bits per heavy atom. The molecule has 0 fully saturated rings. The van der Waals surface area contributed by atoms with E-state index in [0.29, 0.717) is 17.7 Å². The van der Waals surface area contributed by atoms with Crippen LogP contribution in [0.4, 0.5) is 0 Å². The van der Waals surface area contributed by atoms with Crippen molar-refractivity contribution in [3.05, 3.63) is 23.1 Å². The standard InChI is InChI=1S/C11H18ClNO2/c1-9(2)8-14-6-5-13-7-10-3-4-11(12)15-10/h3-4,9,13H,5-8H2,1-2H3. The van der Waals surface area contributed by atoms with E-state index in [2.05, 4.69) is 19.2 Å². The molecule has 0 atom stereocenters. The first-order chi connectivity index (χ1) is 7.18. The first kappa shape index (κ1) is 12.6. The van der Waals surface area contributed by atoms with Crippen molar-refractivity contribution < 1.29 is 9.15 Å². The molecule has 0 saturated heterocycles. The molecular formula is C11H18ClNO2. The second-order valence-corrected chi connectivity index (χ2v) is 4.22. The summed E-state index contributed by atoms with van der Waals surface area (Å²) in [7, 11) is 0. The highest BCUT2D eigenvalue weighted by molar-refractivity contribution is 6.28. The lowest BCUT2D eigenvalue weighted by molar-refractivity contribution is 0.111. The van der Waals surface area contributed by atoms with Gasteiger partial charge in [-0.1, -0.05) is 13.8 Å². The van der Waals surface area contributed by atoms with Crippen molar-refractivity contribution in [2.24, 2.45) is 5.92 Å². The molecule has 1 aromatic heterocycles. The zero-order valence-electron chi connectivity index (χ0n) is 9.25. The van der Waals surface area contributed by atoms with Crippen molar-refractivity contribution in [2.45, 2.75) is 20.4 Å². The molecule has 0 radical (unpaired) electrons. The Kier molecular flexibility index (Phi) is 5.76. The third kappa shape index (κ3) is 5.82. The molecule has 1 aromatic rings. The molecule has 15 heavy (non-hydrogen) atoms. The minimum absolute atomic E-state index is 0.433. The van der Waals surface area contributed by atoms with Crippen molar-refractivity contribution in [1.29, 1.82) is 0 Å². The zero-order chi connectivity index (χ0) is 11.1. The minimum Gasteiger partial charge on any atom is -0.448 e. The van der Waals surface area contributed by atoms with Crippen molar-refractivity contribution >= 4 is 11.6 Å². The number of hydrogen-bond acceptors (Lipinski definition) is 3. The summed E-state index contributed by atoms with van der Waals surface area (Å²) in [6.07, 6.45) is 0. The maximum absolute atomic E-state index is 5.64. The molecule has 0 aliphatic heterocycles. The van der Waals surface area contributed by atoms with Crippen LogP contribution < -0.4 is 5.32 Å². The number of furan rings is 1. The highest BCUT2D eigenvalue weighted by Gasteiger charge is 1.98.